The number of anilines is 1. The number of likely N-dealkylation sites (tertiary alicyclic amines) is 1. The zero-order chi connectivity index (χ0) is 23.6. The number of para-hydroxylation sites is 1. The Balaban J connectivity index is 1.63. The quantitative estimate of drug-likeness (QED) is 0.466. The van der Waals surface area contributed by atoms with Crippen LogP contribution in [-0.2, 0) is 19.1 Å². The van der Waals surface area contributed by atoms with Gasteiger partial charge >= 0.3 is 0 Å². The van der Waals surface area contributed by atoms with Crippen molar-refractivity contribution >= 4 is 23.4 Å². The van der Waals surface area contributed by atoms with Gasteiger partial charge in [-0.15, -0.1) is 0 Å². The van der Waals surface area contributed by atoms with Crippen LogP contribution >= 0.6 is 0 Å². The second kappa shape index (κ2) is 9.81. The van der Waals surface area contributed by atoms with Crippen molar-refractivity contribution in [1.82, 2.24) is 10.2 Å². The van der Waals surface area contributed by atoms with Crippen LogP contribution in [0, 0.1) is 11.8 Å². The van der Waals surface area contributed by atoms with Crippen molar-refractivity contribution in [3.8, 4) is 0 Å². The lowest BCUT2D eigenvalue weighted by Crippen LogP contribution is -2.58. The van der Waals surface area contributed by atoms with Gasteiger partial charge in [-0.1, -0.05) is 44.9 Å². The summed E-state index contributed by atoms with van der Waals surface area (Å²) in [6.45, 7) is 4.27. The number of rotatable bonds is 10. The highest BCUT2D eigenvalue weighted by Crippen LogP contribution is 2.59. The predicted octanol–water partition coefficient (Wildman–Crippen LogP) is 2.08. The molecular weight excluding hydrogens is 422 g/mol. The molecule has 0 aliphatic carbocycles. The molecule has 8 nitrogen and oxygen atoms in total. The summed E-state index contributed by atoms with van der Waals surface area (Å²) in [5.41, 5.74) is -0.369. The van der Waals surface area contributed by atoms with Gasteiger partial charge in [0.1, 0.15) is 11.6 Å². The minimum atomic E-state index is -1.03. The van der Waals surface area contributed by atoms with Crippen LogP contribution < -0.4 is 10.6 Å². The topological polar surface area (TPSA) is 108 Å². The second-order valence-corrected chi connectivity index (χ2v) is 9.40. The fourth-order valence-electron chi connectivity index (χ4n) is 5.93. The maximum Gasteiger partial charge on any atom is 0.245 e. The van der Waals surface area contributed by atoms with Crippen LogP contribution in [0.5, 0.6) is 0 Å². The summed E-state index contributed by atoms with van der Waals surface area (Å²) in [5.74, 6) is -2.17. The minimum absolute atomic E-state index is 0.241. The fraction of sp³-hybridized carbons (Fsp3) is 0.640. The summed E-state index contributed by atoms with van der Waals surface area (Å²) in [4.78, 5) is 42.0. The number of nitrogens with one attached hydrogen (secondary N) is 2. The maximum absolute atomic E-state index is 13.8. The molecule has 0 aromatic heterocycles. The third-order valence-electron chi connectivity index (χ3n) is 7.49. The lowest BCUT2D eigenvalue weighted by Gasteiger charge is -2.36. The molecule has 1 spiro atoms. The van der Waals surface area contributed by atoms with Crippen LogP contribution in [0.25, 0.3) is 0 Å². The van der Waals surface area contributed by atoms with Gasteiger partial charge in [-0.3, -0.25) is 14.4 Å². The summed E-state index contributed by atoms with van der Waals surface area (Å²) in [6, 6.07) is 7.81. The van der Waals surface area contributed by atoms with Gasteiger partial charge in [0.25, 0.3) is 0 Å². The number of nitrogens with zero attached hydrogens (tertiary/aromatic N) is 1. The lowest BCUT2D eigenvalue weighted by molar-refractivity contribution is -0.145. The number of carbonyl (C=O) groups is 3. The number of benzene rings is 1. The lowest BCUT2D eigenvalue weighted by atomic mass is 9.70. The second-order valence-electron chi connectivity index (χ2n) is 9.40. The summed E-state index contributed by atoms with van der Waals surface area (Å²) < 4.78 is 6.39. The Morgan fingerprint density at radius 2 is 1.97 bits per heavy atom. The van der Waals surface area contributed by atoms with Gasteiger partial charge in [0.05, 0.1) is 30.6 Å². The standard InChI is InChI=1S/C25H35N3O5/c1-3-5-9-14-26-23(31)21-25-13-12-18(33-25)19(22(30)27-16-10-7-6-8-11-16)20(25)24(32)28(21)17(4-2)15-29/h6-8,10-11,17-21,29H,3-5,9,12-15H2,1-2H3,(H,26,31)(H,27,30)/t17-,18+,19-,20-,21?,25?/m0/s1. The summed E-state index contributed by atoms with van der Waals surface area (Å²) in [6.07, 6.45) is 4.21. The smallest absolute Gasteiger partial charge is 0.245 e. The van der Waals surface area contributed by atoms with Crippen LogP contribution in [0.3, 0.4) is 0 Å². The fourth-order valence-corrected chi connectivity index (χ4v) is 5.93. The number of hydrogen-bond acceptors (Lipinski definition) is 5. The van der Waals surface area contributed by atoms with E-state index in [9.17, 15) is 19.5 Å². The third-order valence-corrected chi connectivity index (χ3v) is 7.49. The Labute approximate surface area is 195 Å². The molecule has 8 heteroatoms. The molecule has 4 rings (SSSR count). The van der Waals surface area contributed by atoms with Gasteiger partial charge < -0.3 is 25.4 Å². The molecule has 0 saturated carbocycles. The van der Waals surface area contributed by atoms with E-state index in [1.807, 2.05) is 25.1 Å². The molecular formula is C25H35N3O5. The molecule has 3 saturated heterocycles. The number of aliphatic hydroxyl groups is 1. The highest BCUT2D eigenvalue weighted by molar-refractivity contribution is 6.02. The number of hydrogen-bond donors (Lipinski definition) is 3. The zero-order valence-electron chi connectivity index (χ0n) is 19.5. The maximum atomic E-state index is 13.8. The van der Waals surface area contributed by atoms with E-state index >= 15 is 0 Å². The highest BCUT2D eigenvalue weighted by atomic mass is 16.5. The van der Waals surface area contributed by atoms with Crippen LogP contribution in [0.4, 0.5) is 5.69 Å². The number of unbranched alkanes of at least 4 members (excludes halogenated alkanes) is 2. The first kappa shape index (κ1) is 23.7. The average Bonchev–Trinajstić information content (AvgIpc) is 3.46. The molecule has 6 atom stereocenters. The number of aliphatic hydroxyl groups excluding tert-OH is 1. The molecule has 0 radical (unpaired) electrons. The van der Waals surface area contributed by atoms with Crippen molar-refractivity contribution in [2.24, 2.45) is 11.8 Å². The molecule has 180 valence electrons. The van der Waals surface area contributed by atoms with E-state index in [1.165, 1.54) is 4.90 Å². The van der Waals surface area contributed by atoms with E-state index in [2.05, 4.69) is 17.6 Å². The van der Waals surface area contributed by atoms with Crippen molar-refractivity contribution in [2.45, 2.75) is 76.2 Å². The highest BCUT2D eigenvalue weighted by Gasteiger charge is 2.74. The minimum Gasteiger partial charge on any atom is -0.394 e. The molecule has 3 aliphatic rings. The molecule has 33 heavy (non-hydrogen) atoms. The summed E-state index contributed by atoms with van der Waals surface area (Å²) in [5, 5.41) is 15.9. The normalized spacial score (nSPS) is 30.9. The van der Waals surface area contributed by atoms with E-state index in [0.29, 0.717) is 31.5 Å². The number of fused-ring (bicyclic) bond motifs is 1. The van der Waals surface area contributed by atoms with Gasteiger partial charge in [-0.05, 0) is 37.8 Å². The summed E-state index contributed by atoms with van der Waals surface area (Å²) >= 11 is 0. The molecule has 3 aliphatic heterocycles. The number of carbonyl (C=O) groups excluding carboxylic acids is 3. The Bertz CT molecular complexity index is 874. The van der Waals surface area contributed by atoms with Crippen molar-refractivity contribution in [3.05, 3.63) is 30.3 Å². The zero-order valence-corrected chi connectivity index (χ0v) is 19.5. The third kappa shape index (κ3) is 4.04. The van der Waals surface area contributed by atoms with E-state index in [-0.39, 0.29) is 24.3 Å². The molecule has 1 aromatic rings. The first-order valence-electron chi connectivity index (χ1n) is 12.2. The Kier molecular flexibility index (Phi) is 7.05. The van der Waals surface area contributed by atoms with Crippen LogP contribution in [-0.4, -0.2) is 64.7 Å². The largest absolute Gasteiger partial charge is 0.394 e. The molecule has 3 amide bonds. The number of ether oxygens (including phenoxy) is 1. The average molecular weight is 458 g/mol. The Hall–Kier alpha value is -2.45. The van der Waals surface area contributed by atoms with E-state index in [1.54, 1.807) is 12.1 Å². The van der Waals surface area contributed by atoms with E-state index < -0.39 is 35.6 Å². The van der Waals surface area contributed by atoms with Crippen LogP contribution in [0.1, 0.15) is 52.4 Å². The molecule has 3 fully saturated rings. The SMILES string of the molecule is CCCCCNC(=O)C1N([C@@H](CC)CO)C(=O)[C@@H]2[C@@H](C(=O)Nc3ccccc3)[C@H]3CCC12O3. The van der Waals surface area contributed by atoms with Crippen molar-refractivity contribution < 1.29 is 24.2 Å². The molecule has 3 heterocycles. The first-order valence-corrected chi connectivity index (χ1v) is 12.2. The molecule has 2 unspecified atom stereocenters. The van der Waals surface area contributed by atoms with Crippen molar-refractivity contribution in [3.63, 3.8) is 0 Å². The van der Waals surface area contributed by atoms with Gasteiger partial charge in [0.15, 0.2) is 0 Å². The van der Waals surface area contributed by atoms with E-state index in [0.717, 1.165) is 19.3 Å². The Morgan fingerprint density at radius 1 is 1.21 bits per heavy atom. The monoisotopic (exact) mass is 457 g/mol. The van der Waals surface area contributed by atoms with Crippen LogP contribution in [0.2, 0.25) is 0 Å². The Morgan fingerprint density at radius 3 is 2.64 bits per heavy atom. The molecule has 2 bridgehead atoms. The summed E-state index contributed by atoms with van der Waals surface area (Å²) in [7, 11) is 0. The van der Waals surface area contributed by atoms with Crippen LogP contribution in [0.15, 0.2) is 30.3 Å². The van der Waals surface area contributed by atoms with Gasteiger partial charge in [0.2, 0.25) is 17.7 Å². The first-order chi connectivity index (χ1) is 16.0. The van der Waals surface area contributed by atoms with Crippen molar-refractivity contribution in [1.29, 1.82) is 0 Å². The van der Waals surface area contributed by atoms with Crippen molar-refractivity contribution in [2.75, 3.05) is 18.5 Å². The van der Waals surface area contributed by atoms with Gasteiger partial charge in [-0.25, -0.2) is 0 Å². The molecule has 1 aromatic carbocycles. The predicted molar refractivity (Wildman–Crippen MR) is 123 cm³/mol. The molecule has 3 N–H and O–H groups in total. The van der Waals surface area contributed by atoms with Gasteiger partial charge in [0, 0.05) is 12.2 Å². The number of amides is 3. The van der Waals surface area contributed by atoms with Gasteiger partial charge in [-0.2, -0.15) is 0 Å². The van der Waals surface area contributed by atoms with E-state index in [4.69, 9.17) is 4.74 Å².